The smallest absolute Gasteiger partial charge is 0.154 e. The van der Waals surface area contributed by atoms with Crippen molar-refractivity contribution < 1.29 is 4.79 Å². The van der Waals surface area contributed by atoms with Gasteiger partial charge in [-0.1, -0.05) is 29.8 Å². The summed E-state index contributed by atoms with van der Waals surface area (Å²) in [4.78, 5) is 10.7. The molecule has 0 unspecified atom stereocenters. The lowest BCUT2D eigenvalue weighted by Gasteiger charge is -2.00. The van der Waals surface area contributed by atoms with Crippen molar-refractivity contribution in [2.24, 2.45) is 5.73 Å². The van der Waals surface area contributed by atoms with Gasteiger partial charge in [0, 0.05) is 11.8 Å². The first kappa shape index (κ1) is 9.52. The molecule has 68 valence electrons. The minimum atomic E-state index is -0.0296. The molecule has 0 aliphatic carbocycles. The van der Waals surface area contributed by atoms with Crippen molar-refractivity contribution in [2.45, 2.75) is 13.8 Å². The fourth-order valence-corrected chi connectivity index (χ4v) is 1.05. The summed E-state index contributed by atoms with van der Waals surface area (Å²) in [6, 6.07) is 7.75. The topological polar surface area (TPSA) is 43.1 Å². The van der Waals surface area contributed by atoms with E-state index in [1.165, 1.54) is 18.6 Å². The Hall–Kier alpha value is -1.57. The average molecular weight is 175 g/mol. The van der Waals surface area contributed by atoms with E-state index in [9.17, 15) is 4.79 Å². The minimum absolute atomic E-state index is 0.0296. The summed E-state index contributed by atoms with van der Waals surface area (Å²) in [7, 11) is 0. The molecule has 2 nitrogen and oxygen atoms in total. The predicted octanol–water partition coefficient (Wildman–Crippen LogP) is 1.88. The van der Waals surface area contributed by atoms with E-state index in [4.69, 9.17) is 5.73 Å². The third kappa shape index (κ3) is 2.75. The van der Waals surface area contributed by atoms with Gasteiger partial charge in [-0.25, -0.2) is 0 Å². The van der Waals surface area contributed by atoms with Crippen LogP contribution < -0.4 is 5.73 Å². The minimum Gasteiger partial charge on any atom is -0.398 e. The van der Waals surface area contributed by atoms with Gasteiger partial charge in [0.05, 0.1) is 0 Å². The lowest BCUT2D eigenvalue weighted by Crippen LogP contribution is -1.98. The Bertz CT molecular complexity index is 336. The number of nitrogens with two attached hydrogens (primary N) is 1. The molecule has 2 N–H and O–H groups in total. The van der Waals surface area contributed by atoms with Crippen LogP contribution in [0.5, 0.6) is 0 Å². The number of hydrogen-bond donors (Lipinski definition) is 1. The van der Waals surface area contributed by atoms with Crippen molar-refractivity contribution in [3.05, 3.63) is 41.5 Å². The van der Waals surface area contributed by atoms with Crippen LogP contribution in [0.25, 0.3) is 5.70 Å². The molecule has 1 rings (SSSR count). The maximum absolute atomic E-state index is 10.7. The van der Waals surface area contributed by atoms with Gasteiger partial charge in [0.2, 0.25) is 0 Å². The van der Waals surface area contributed by atoms with Crippen molar-refractivity contribution in [1.29, 1.82) is 0 Å². The van der Waals surface area contributed by atoms with E-state index in [1.807, 2.05) is 31.2 Å². The SMILES string of the molecule is CC(=O)/C=C(\N)c1ccc(C)cc1. The normalized spacial score (nSPS) is 11.4. The molecule has 0 radical (unpaired) electrons. The summed E-state index contributed by atoms with van der Waals surface area (Å²) in [5.41, 5.74) is 8.28. The molecule has 0 aromatic heterocycles. The largest absolute Gasteiger partial charge is 0.398 e. The molecule has 1 aromatic rings. The molecular formula is C11H13NO. The number of rotatable bonds is 2. The van der Waals surface area contributed by atoms with E-state index >= 15 is 0 Å². The molecule has 0 spiro atoms. The van der Waals surface area contributed by atoms with Gasteiger partial charge in [-0.3, -0.25) is 4.79 Å². The average Bonchev–Trinajstić information content (AvgIpc) is 2.04. The van der Waals surface area contributed by atoms with E-state index in [2.05, 4.69) is 0 Å². The van der Waals surface area contributed by atoms with Gasteiger partial charge in [0.25, 0.3) is 0 Å². The second-order valence-electron chi connectivity index (χ2n) is 3.08. The Labute approximate surface area is 78.1 Å². The third-order valence-electron chi connectivity index (χ3n) is 1.74. The summed E-state index contributed by atoms with van der Waals surface area (Å²) < 4.78 is 0. The summed E-state index contributed by atoms with van der Waals surface area (Å²) in [5, 5.41) is 0. The highest BCUT2D eigenvalue weighted by molar-refractivity contribution is 5.94. The molecular weight excluding hydrogens is 162 g/mol. The number of aryl methyl sites for hydroxylation is 1. The number of ketones is 1. The molecule has 0 bridgehead atoms. The zero-order valence-electron chi connectivity index (χ0n) is 7.87. The van der Waals surface area contributed by atoms with Crippen molar-refractivity contribution in [2.75, 3.05) is 0 Å². The Morgan fingerprint density at radius 2 is 1.85 bits per heavy atom. The number of carbonyl (C=O) groups is 1. The zero-order valence-corrected chi connectivity index (χ0v) is 7.87. The molecule has 0 amide bonds. The Morgan fingerprint density at radius 1 is 1.31 bits per heavy atom. The maximum atomic E-state index is 10.7. The highest BCUT2D eigenvalue weighted by atomic mass is 16.1. The van der Waals surface area contributed by atoms with Crippen molar-refractivity contribution >= 4 is 11.5 Å². The van der Waals surface area contributed by atoms with Gasteiger partial charge in [-0.15, -0.1) is 0 Å². The van der Waals surface area contributed by atoms with Gasteiger partial charge >= 0.3 is 0 Å². The fourth-order valence-electron chi connectivity index (χ4n) is 1.05. The van der Waals surface area contributed by atoms with E-state index < -0.39 is 0 Å². The Balaban J connectivity index is 2.96. The molecule has 2 heteroatoms. The molecule has 0 saturated heterocycles. The zero-order chi connectivity index (χ0) is 9.84. The lowest BCUT2D eigenvalue weighted by atomic mass is 10.1. The van der Waals surface area contributed by atoms with Gasteiger partial charge in [0.1, 0.15) is 0 Å². The van der Waals surface area contributed by atoms with E-state index in [0.29, 0.717) is 5.70 Å². The van der Waals surface area contributed by atoms with Crippen molar-refractivity contribution in [3.63, 3.8) is 0 Å². The molecule has 0 atom stereocenters. The van der Waals surface area contributed by atoms with Crippen LogP contribution in [0.4, 0.5) is 0 Å². The fraction of sp³-hybridized carbons (Fsp3) is 0.182. The second-order valence-corrected chi connectivity index (χ2v) is 3.08. The maximum Gasteiger partial charge on any atom is 0.154 e. The van der Waals surface area contributed by atoms with Gasteiger partial charge in [-0.05, 0) is 19.4 Å². The first-order valence-corrected chi connectivity index (χ1v) is 4.14. The van der Waals surface area contributed by atoms with Gasteiger partial charge in [-0.2, -0.15) is 0 Å². The number of allylic oxidation sites excluding steroid dienone is 1. The summed E-state index contributed by atoms with van der Waals surface area (Å²) in [6.45, 7) is 3.50. The van der Waals surface area contributed by atoms with E-state index in [-0.39, 0.29) is 5.78 Å². The summed E-state index contributed by atoms with van der Waals surface area (Å²) >= 11 is 0. The standard InChI is InChI=1S/C11H13NO/c1-8-3-5-10(6-4-8)11(12)7-9(2)13/h3-7H,12H2,1-2H3/b11-7-. The summed E-state index contributed by atoms with van der Waals surface area (Å²) in [5.74, 6) is -0.0296. The van der Waals surface area contributed by atoms with Crippen LogP contribution in [0.3, 0.4) is 0 Å². The first-order valence-electron chi connectivity index (χ1n) is 4.14. The summed E-state index contributed by atoms with van der Waals surface area (Å²) in [6.07, 6.45) is 1.44. The van der Waals surface area contributed by atoms with Gasteiger partial charge < -0.3 is 5.73 Å². The first-order chi connectivity index (χ1) is 6.09. The molecule has 0 fully saturated rings. The second kappa shape index (κ2) is 3.90. The monoisotopic (exact) mass is 175 g/mol. The molecule has 0 saturated carbocycles. The van der Waals surface area contributed by atoms with Crippen LogP contribution in [-0.4, -0.2) is 5.78 Å². The lowest BCUT2D eigenvalue weighted by molar-refractivity contribution is -0.112. The quantitative estimate of drug-likeness (QED) is 0.697. The molecule has 1 aromatic carbocycles. The Morgan fingerprint density at radius 3 is 2.31 bits per heavy atom. The third-order valence-corrected chi connectivity index (χ3v) is 1.74. The van der Waals surface area contributed by atoms with Crippen LogP contribution in [0, 0.1) is 6.92 Å². The van der Waals surface area contributed by atoms with Crippen LogP contribution in [-0.2, 0) is 4.79 Å². The predicted molar refractivity (Wildman–Crippen MR) is 54.0 cm³/mol. The molecule has 0 aliphatic rings. The Kier molecular flexibility index (Phi) is 2.85. The van der Waals surface area contributed by atoms with Crippen molar-refractivity contribution in [1.82, 2.24) is 0 Å². The number of carbonyl (C=O) groups excluding carboxylic acids is 1. The van der Waals surface area contributed by atoms with Crippen LogP contribution in [0.15, 0.2) is 30.3 Å². The van der Waals surface area contributed by atoms with Crippen LogP contribution in [0.2, 0.25) is 0 Å². The van der Waals surface area contributed by atoms with E-state index in [1.54, 1.807) is 0 Å². The highest BCUT2D eigenvalue weighted by Crippen LogP contribution is 2.09. The highest BCUT2D eigenvalue weighted by Gasteiger charge is 1.96. The number of hydrogen-bond acceptors (Lipinski definition) is 2. The van der Waals surface area contributed by atoms with Crippen LogP contribution in [0.1, 0.15) is 18.1 Å². The molecule has 0 aliphatic heterocycles. The van der Waals surface area contributed by atoms with E-state index in [0.717, 1.165) is 5.56 Å². The van der Waals surface area contributed by atoms with Gasteiger partial charge in [0.15, 0.2) is 5.78 Å². The molecule has 13 heavy (non-hydrogen) atoms. The number of benzene rings is 1. The molecule has 0 heterocycles. The van der Waals surface area contributed by atoms with Crippen molar-refractivity contribution in [3.8, 4) is 0 Å². The van der Waals surface area contributed by atoms with Crippen LogP contribution >= 0.6 is 0 Å².